The fourth-order valence-corrected chi connectivity index (χ4v) is 0.581. The minimum Gasteiger partial charge on any atom is -0.263 e. The summed E-state index contributed by atoms with van der Waals surface area (Å²) in [6.07, 6.45) is 4.49. The van der Waals surface area contributed by atoms with Crippen molar-refractivity contribution in [2.45, 2.75) is 41.0 Å². The summed E-state index contributed by atoms with van der Waals surface area (Å²) in [4.78, 5) is 3.79. The Hall–Kier alpha value is -1.36. The number of nitrogens with zero attached hydrogens (tertiary/aromatic N) is 2. The molecule has 0 bridgehead atoms. The molecule has 0 saturated carbocycles. The van der Waals surface area contributed by atoms with Crippen molar-refractivity contribution in [3.05, 3.63) is 29.6 Å². The molecule has 14 heavy (non-hydrogen) atoms. The molecule has 0 fully saturated rings. The van der Waals surface area contributed by atoms with Crippen LogP contribution in [0.2, 0.25) is 0 Å². The molecule has 78 valence electrons. The first-order chi connectivity index (χ1) is 6.76. The Morgan fingerprint density at radius 3 is 2.14 bits per heavy atom. The molecular formula is C12H20N2. The van der Waals surface area contributed by atoms with Crippen LogP contribution < -0.4 is 0 Å². The van der Waals surface area contributed by atoms with Crippen molar-refractivity contribution in [3.63, 3.8) is 0 Å². The van der Waals surface area contributed by atoms with E-state index in [4.69, 9.17) is 5.26 Å². The molecule has 0 radical (unpaired) electrons. The third-order valence-electron chi connectivity index (χ3n) is 1.16. The summed E-state index contributed by atoms with van der Waals surface area (Å²) in [5.74, 6) is 0. The Morgan fingerprint density at radius 2 is 1.86 bits per heavy atom. The van der Waals surface area contributed by atoms with E-state index in [1.807, 2.05) is 32.9 Å². The average molecular weight is 192 g/mol. The zero-order valence-electron chi connectivity index (χ0n) is 9.83. The summed E-state index contributed by atoms with van der Waals surface area (Å²) in [5.41, 5.74) is 1.63. The zero-order chi connectivity index (χ0) is 11.4. The standard InChI is InChI=1S/C7H6N2.C3H8.C2H6/c1-6-2-3-9-5-7(6)4-8;1-3-2;1-2/h2-3,5H,1H3;3H2,1-2H3;1-2H3. The van der Waals surface area contributed by atoms with Gasteiger partial charge in [0.25, 0.3) is 0 Å². The molecule has 0 saturated heterocycles. The highest BCUT2D eigenvalue weighted by atomic mass is 14.6. The van der Waals surface area contributed by atoms with E-state index >= 15 is 0 Å². The number of hydrogen-bond acceptors (Lipinski definition) is 2. The monoisotopic (exact) mass is 192 g/mol. The first kappa shape index (κ1) is 15.1. The van der Waals surface area contributed by atoms with Crippen molar-refractivity contribution in [2.24, 2.45) is 0 Å². The molecule has 0 spiro atoms. The highest BCUT2D eigenvalue weighted by Crippen LogP contribution is 2.00. The number of aromatic nitrogens is 1. The quantitative estimate of drug-likeness (QED) is 0.628. The highest BCUT2D eigenvalue weighted by Gasteiger charge is 1.91. The van der Waals surface area contributed by atoms with Crippen molar-refractivity contribution in [3.8, 4) is 6.07 Å². The molecule has 0 N–H and O–H groups in total. The van der Waals surface area contributed by atoms with Crippen molar-refractivity contribution >= 4 is 0 Å². The van der Waals surface area contributed by atoms with Crippen LogP contribution in [0.4, 0.5) is 0 Å². The van der Waals surface area contributed by atoms with Gasteiger partial charge >= 0.3 is 0 Å². The van der Waals surface area contributed by atoms with E-state index in [-0.39, 0.29) is 0 Å². The number of rotatable bonds is 0. The second-order valence-electron chi connectivity index (χ2n) is 2.51. The third-order valence-corrected chi connectivity index (χ3v) is 1.16. The first-order valence-corrected chi connectivity index (χ1v) is 5.06. The summed E-state index contributed by atoms with van der Waals surface area (Å²) < 4.78 is 0. The molecule has 1 aromatic heterocycles. The Balaban J connectivity index is 0. The molecule has 0 aromatic carbocycles. The van der Waals surface area contributed by atoms with Gasteiger partial charge in [0.2, 0.25) is 0 Å². The number of nitriles is 1. The molecule has 1 aromatic rings. The van der Waals surface area contributed by atoms with Gasteiger partial charge in [-0.25, -0.2) is 0 Å². The predicted molar refractivity (Wildman–Crippen MR) is 61.0 cm³/mol. The van der Waals surface area contributed by atoms with E-state index in [9.17, 15) is 0 Å². The van der Waals surface area contributed by atoms with E-state index in [1.54, 1.807) is 12.4 Å². The Kier molecular flexibility index (Phi) is 12.6. The lowest BCUT2D eigenvalue weighted by molar-refractivity contribution is 1.09. The summed E-state index contributed by atoms with van der Waals surface area (Å²) >= 11 is 0. The van der Waals surface area contributed by atoms with Crippen LogP contribution in [0, 0.1) is 18.3 Å². The van der Waals surface area contributed by atoms with Gasteiger partial charge in [0, 0.05) is 12.4 Å². The van der Waals surface area contributed by atoms with Crippen LogP contribution in [0.1, 0.15) is 45.2 Å². The largest absolute Gasteiger partial charge is 0.263 e. The van der Waals surface area contributed by atoms with Crippen LogP contribution in [0.25, 0.3) is 0 Å². The maximum absolute atomic E-state index is 8.43. The van der Waals surface area contributed by atoms with Gasteiger partial charge < -0.3 is 0 Å². The molecule has 0 aliphatic rings. The van der Waals surface area contributed by atoms with Crippen LogP contribution >= 0.6 is 0 Å². The zero-order valence-corrected chi connectivity index (χ0v) is 9.83. The van der Waals surface area contributed by atoms with Crippen LogP contribution in [-0.2, 0) is 0 Å². The SMILES string of the molecule is CC.CCC.Cc1ccncc1C#N. The highest BCUT2D eigenvalue weighted by molar-refractivity contribution is 5.32. The smallest absolute Gasteiger partial charge is 0.101 e. The van der Waals surface area contributed by atoms with Crippen molar-refractivity contribution in [2.75, 3.05) is 0 Å². The summed E-state index contributed by atoms with van der Waals surface area (Å²) in [5, 5.41) is 8.43. The molecular weight excluding hydrogens is 172 g/mol. The van der Waals surface area contributed by atoms with Crippen LogP contribution in [-0.4, -0.2) is 4.98 Å². The lowest BCUT2D eigenvalue weighted by atomic mass is 10.2. The van der Waals surface area contributed by atoms with Crippen molar-refractivity contribution in [1.29, 1.82) is 5.26 Å². The number of hydrogen-bond donors (Lipinski definition) is 0. The third kappa shape index (κ3) is 7.30. The molecule has 0 atom stereocenters. The minimum atomic E-state index is 0.650. The number of pyridine rings is 1. The normalized spacial score (nSPS) is 7.14. The Labute approximate surface area is 87.6 Å². The van der Waals surface area contributed by atoms with Gasteiger partial charge in [0.1, 0.15) is 6.07 Å². The van der Waals surface area contributed by atoms with E-state index in [0.717, 1.165) is 5.56 Å². The van der Waals surface area contributed by atoms with Crippen LogP contribution in [0.5, 0.6) is 0 Å². The van der Waals surface area contributed by atoms with Crippen molar-refractivity contribution in [1.82, 2.24) is 4.98 Å². The molecule has 0 amide bonds. The van der Waals surface area contributed by atoms with Crippen molar-refractivity contribution < 1.29 is 0 Å². The molecule has 2 nitrogen and oxygen atoms in total. The van der Waals surface area contributed by atoms with Gasteiger partial charge in [-0.05, 0) is 18.6 Å². The first-order valence-electron chi connectivity index (χ1n) is 5.06. The van der Waals surface area contributed by atoms with Gasteiger partial charge in [0.15, 0.2) is 0 Å². The van der Waals surface area contributed by atoms with Gasteiger partial charge in [-0.15, -0.1) is 0 Å². The maximum Gasteiger partial charge on any atom is 0.101 e. The maximum atomic E-state index is 8.43. The second kappa shape index (κ2) is 11.6. The van der Waals surface area contributed by atoms with E-state index in [1.165, 1.54) is 6.42 Å². The van der Waals surface area contributed by atoms with Gasteiger partial charge in [-0.3, -0.25) is 4.98 Å². The summed E-state index contributed by atoms with van der Waals surface area (Å²) in [6.45, 7) is 10.1. The lowest BCUT2D eigenvalue weighted by Gasteiger charge is -1.90. The average Bonchev–Trinajstić information content (AvgIpc) is 2.23. The molecule has 1 heterocycles. The van der Waals surface area contributed by atoms with Gasteiger partial charge in [0.05, 0.1) is 5.56 Å². The summed E-state index contributed by atoms with van der Waals surface area (Å²) in [6, 6.07) is 3.85. The fourth-order valence-electron chi connectivity index (χ4n) is 0.581. The van der Waals surface area contributed by atoms with Crippen LogP contribution in [0.3, 0.4) is 0 Å². The predicted octanol–water partition coefficient (Wildman–Crippen LogP) is 3.70. The van der Waals surface area contributed by atoms with Crippen LogP contribution in [0.15, 0.2) is 18.5 Å². The molecule has 1 rings (SSSR count). The molecule has 0 unspecified atom stereocenters. The molecule has 2 heteroatoms. The van der Waals surface area contributed by atoms with E-state index < -0.39 is 0 Å². The molecule has 0 aliphatic heterocycles. The van der Waals surface area contributed by atoms with E-state index in [0.29, 0.717) is 5.56 Å². The number of aryl methyl sites for hydroxylation is 1. The lowest BCUT2D eigenvalue weighted by Crippen LogP contribution is -1.81. The van der Waals surface area contributed by atoms with Gasteiger partial charge in [-0.1, -0.05) is 34.1 Å². The summed E-state index contributed by atoms with van der Waals surface area (Å²) in [7, 11) is 0. The van der Waals surface area contributed by atoms with Gasteiger partial charge in [-0.2, -0.15) is 5.26 Å². The topological polar surface area (TPSA) is 36.7 Å². The van der Waals surface area contributed by atoms with E-state index in [2.05, 4.69) is 18.8 Å². The molecule has 0 aliphatic carbocycles. The Morgan fingerprint density at radius 1 is 1.36 bits per heavy atom. The Bertz CT molecular complexity index is 261. The fraction of sp³-hybridized carbons (Fsp3) is 0.500. The minimum absolute atomic E-state index is 0.650. The second-order valence-corrected chi connectivity index (χ2v) is 2.51.